The van der Waals surface area contributed by atoms with Gasteiger partial charge in [-0.1, -0.05) is 36.4 Å². The van der Waals surface area contributed by atoms with Crippen LogP contribution in [0.2, 0.25) is 0 Å². The second-order valence-electron chi connectivity index (χ2n) is 8.10. The van der Waals surface area contributed by atoms with Crippen LogP contribution >= 0.6 is 0 Å². The smallest absolute Gasteiger partial charge is 0.408 e. The first-order chi connectivity index (χ1) is 13.7. The lowest BCUT2D eigenvalue weighted by Gasteiger charge is -2.23. The van der Waals surface area contributed by atoms with Gasteiger partial charge in [-0.05, 0) is 68.5 Å². The Morgan fingerprint density at radius 3 is 2.24 bits per heavy atom. The highest BCUT2D eigenvalue weighted by Crippen LogP contribution is 2.25. The van der Waals surface area contributed by atoms with Crippen LogP contribution in [0.1, 0.15) is 44.7 Å². The fraction of sp³-hybridized carbons (Fsp3) is 0.478. The molecule has 0 saturated heterocycles. The van der Waals surface area contributed by atoms with Crippen LogP contribution in [-0.2, 0) is 27.1 Å². The van der Waals surface area contributed by atoms with Crippen LogP contribution < -0.4 is 11.1 Å². The predicted molar refractivity (Wildman–Crippen MR) is 115 cm³/mol. The standard InChI is InChI=1S/C23H32N2O4/c1-23(2,3)29-22(27)25-20(21(26)28-4)15-17-13-12-16(9-7-8-14-24)18-10-5-6-11-19(17)18/h5-6,10-13,20H,7-9,14-15,24H2,1-4H3,(H,25,27). The minimum absolute atomic E-state index is 0.315. The Balaban J connectivity index is 2.27. The Labute approximate surface area is 172 Å². The quantitative estimate of drug-likeness (QED) is 0.520. The zero-order valence-corrected chi connectivity index (χ0v) is 17.8. The first-order valence-electron chi connectivity index (χ1n) is 10.0. The molecule has 2 aromatic carbocycles. The second kappa shape index (κ2) is 10.3. The first kappa shape index (κ1) is 22.7. The second-order valence-corrected chi connectivity index (χ2v) is 8.10. The molecule has 2 aromatic rings. The molecule has 29 heavy (non-hydrogen) atoms. The highest BCUT2D eigenvalue weighted by molar-refractivity contribution is 5.90. The van der Waals surface area contributed by atoms with E-state index in [0.717, 1.165) is 35.6 Å². The molecular weight excluding hydrogens is 368 g/mol. The molecular formula is C23H32N2O4. The molecule has 158 valence electrons. The number of hydrogen-bond donors (Lipinski definition) is 2. The van der Waals surface area contributed by atoms with Gasteiger partial charge >= 0.3 is 12.1 Å². The first-order valence-corrected chi connectivity index (χ1v) is 10.0. The monoisotopic (exact) mass is 400 g/mol. The molecule has 0 saturated carbocycles. The third kappa shape index (κ3) is 6.75. The number of carbonyl (C=O) groups is 2. The van der Waals surface area contributed by atoms with Crippen LogP contribution in [0.3, 0.4) is 0 Å². The predicted octanol–water partition coefficient (Wildman–Crippen LogP) is 3.73. The molecule has 0 heterocycles. The van der Waals surface area contributed by atoms with Gasteiger partial charge in [0.05, 0.1) is 7.11 Å². The van der Waals surface area contributed by atoms with Crippen LogP contribution in [0.5, 0.6) is 0 Å². The minimum Gasteiger partial charge on any atom is -0.467 e. The van der Waals surface area contributed by atoms with Crippen molar-refractivity contribution in [3.63, 3.8) is 0 Å². The maximum Gasteiger partial charge on any atom is 0.408 e. The van der Waals surface area contributed by atoms with E-state index in [2.05, 4.69) is 17.4 Å². The number of amides is 1. The van der Waals surface area contributed by atoms with Gasteiger partial charge in [-0.2, -0.15) is 0 Å². The minimum atomic E-state index is -0.832. The number of ether oxygens (including phenoxy) is 2. The molecule has 6 heteroatoms. The van der Waals surface area contributed by atoms with E-state index in [1.165, 1.54) is 12.7 Å². The van der Waals surface area contributed by atoms with Gasteiger partial charge in [0.2, 0.25) is 0 Å². The van der Waals surface area contributed by atoms with Gasteiger partial charge in [-0.3, -0.25) is 0 Å². The Morgan fingerprint density at radius 1 is 1.03 bits per heavy atom. The van der Waals surface area contributed by atoms with Crippen molar-refractivity contribution in [2.75, 3.05) is 13.7 Å². The summed E-state index contributed by atoms with van der Waals surface area (Å²) < 4.78 is 10.2. The number of fused-ring (bicyclic) bond motifs is 1. The number of esters is 1. The number of alkyl carbamates (subject to hydrolysis) is 1. The highest BCUT2D eigenvalue weighted by Gasteiger charge is 2.26. The maximum absolute atomic E-state index is 12.3. The fourth-order valence-electron chi connectivity index (χ4n) is 3.28. The zero-order chi connectivity index (χ0) is 21.4. The Morgan fingerprint density at radius 2 is 1.66 bits per heavy atom. The molecule has 0 fully saturated rings. The van der Waals surface area contributed by atoms with E-state index in [1.54, 1.807) is 20.8 Å². The van der Waals surface area contributed by atoms with E-state index in [1.807, 2.05) is 24.3 Å². The molecule has 0 spiro atoms. The van der Waals surface area contributed by atoms with Crippen molar-refractivity contribution in [1.82, 2.24) is 5.32 Å². The summed E-state index contributed by atoms with van der Waals surface area (Å²) >= 11 is 0. The van der Waals surface area contributed by atoms with Crippen molar-refractivity contribution < 1.29 is 19.1 Å². The van der Waals surface area contributed by atoms with Crippen molar-refractivity contribution in [3.05, 3.63) is 47.5 Å². The summed E-state index contributed by atoms with van der Waals surface area (Å²) in [7, 11) is 1.31. The number of carbonyl (C=O) groups excluding carboxylic acids is 2. The van der Waals surface area contributed by atoms with Gasteiger partial charge in [0.25, 0.3) is 0 Å². The van der Waals surface area contributed by atoms with Crippen LogP contribution in [0, 0.1) is 0 Å². The van der Waals surface area contributed by atoms with Crippen LogP contribution in [0.4, 0.5) is 4.79 Å². The summed E-state index contributed by atoms with van der Waals surface area (Å²) in [6.45, 7) is 6.01. The van der Waals surface area contributed by atoms with Gasteiger partial charge in [-0.25, -0.2) is 9.59 Å². The molecule has 3 N–H and O–H groups in total. The lowest BCUT2D eigenvalue weighted by molar-refractivity contribution is -0.143. The lowest BCUT2D eigenvalue weighted by Crippen LogP contribution is -2.45. The molecule has 2 rings (SSSR count). The fourth-order valence-corrected chi connectivity index (χ4v) is 3.28. The van der Waals surface area contributed by atoms with Gasteiger partial charge in [0.15, 0.2) is 0 Å². The van der Waals surface area contributed by atoms with Crippen LogP contribution in [0.25, 0.3) is 10.8 Å². The SMILES string of the molecule is COC(=O)C(Cc1ccc(CCCCN)c2ccccc12)NC(=O)OC(C)(C)C. The van der Waals surface area contributed by atoms with Crippen molar-refractivity contribution in [2.45, 2.75) is 58.1 Å². The summed E-state index contributed by atoms with van der Waals surface area (Å²) in [4.78, 5) is 24.5. The van der Waals surface area contributed by atoms with Gasteiger partial charge < -0.3 is 20.5 Å². The number of benzene rings is 2. The Kier molecular flexibility index (Phi) is 8.02. The molecule has 0 aliphatic rings. The molecule has 0 aliphatic heterocycles. The van der Waals surface area contributed by atoms with Gasteiger partial charge in [0.1, 0.15) is 11.6 Å². The van der Waals surface area contributed by atoms with Crippen molar-refractivity contribution in [1.29, 1.82) is 0 Å². The molecule has 1 atom stereocenters. The highest BCUT2D eigenvalue weighted by atomic mass is 16.6. The number of methoxy groups -OCH3 is 1. The van der Waals surface area contributed by atoms with E-state index in [4.69, 9.17) is 15.2 Å². The van der Waals surface area contributed by atoms with Gasteiger partial charge in [0, 0.05) is 6.42 Å². The van der Waals surface area contributed by atoms with Crippen molar-refractivity contribution in [2.24, 2.45) is 5.73 Å². The number of rotatable bonds is 8. The zero-order valence-electron chi connectivity index (χ0n) is 17.8. The molecule has 1 amide bonds. The summed E-state index contributed by atoms with van der Waals surface area (Å²) in [5.74, 6) is -0.507. The number of hydrogen-bond acceptors (Lipinski definition) is 5. The van der Waals surface area contributed by atoms with E-state index < -0.39 is 23.7 Å². The largest absolute Gasteiger partial charge is 0.467 e. The van der Waals surface area contributed by atoms with Crippen molar-refractivity contribution in [3.8, 4) is 0 Å². The maximum atomic E-state index is 12.3. The molecule has 0 aromatic heterocycles. The molecule has 6 nitrogen and oxygen atoms in total. The molecule has 1 unspecified atom stereocenters. The molecule has 0 bridgehead atoms. The van der Waals surface area contributed by atoms with E-state index >= 15 is 0 Å². The molecule has 0 aliphatic carbocycles. The summed E-state index contributed by atoms with van der Waals surface area (Å²) in [5.41, 5.74) is 7.19. The molecule has 0 radical (unpaired) electrons. The summed E-state index contributed by atoms with van der Waals surface area (Å²) in [5, 5.41) is 4.87. The van der Waals surface area contributed by atoms with E-state index in [9.17, 15) is 9.59 Å². The van der Waals surface area contributed by atoms with Crippen molar-refractivity contribution >= 4 is 22.8 Å². The topological polar surface area (TPSA) is 90.6 Å². The van der Waals surface area contributed by atoms with Crippen LogP contribution in [0.15, 0.2) is 36.4 Å². The average Bonchev–Trinajstić information content (AvgIpc) is 2.67. The number of unbranched alkanes of at least 4 members (excludes halogenated alkanes) is 1. The lowest BCUT2D eigenvalue weighted by atomic mass is 9.93. The van der Waals surface area contributed by atoms with Crippen LogP contribution in [-0.4, -0.2) is 37.4 Å². The third-order valence-corrected chi connectivity index (χ3v) is 4.61. The Bertz CT molecular complexity index is 842. The normalized spacial score (nSPS) is 12.4. The number of aryl methyl sites for hydroxylation is 1. The summed E-state index contributed by atoms with van der Waals surface area (Å²) in [6, 6.07) is 11.4. The third-order valence-electron chi connectivity index (χ3n) is 4.61. The van der Waals surface area contributed by atoms with E-state index in [0.29, 0.717) is 13.0 Å². The average molecular weight is 401 g/mol. The number of nitrogens with one attached hydrogen (secondary N) is 1. The van der Waals surface area contributed by atoms with E-state index in [-0.39, 0.29) is 0 Å². The number of nitrogens with two attached hydrogens (primary N) is 1. The van der Waals surface area contributed by atoms with Gasteiger partial charge in [-0.15, -0.1) is 0 Å². The summed E-state index contributed by atoms with van der Waals surface area (Å²) in [6.07, 6.45) is 2.64. The Hall–Kier alpha value is -2.60.